The molecule has 1 aliphatic heterocycles. The maximum absolute atomic E-state index is 13.5. The lowest BCUT2D eigenvalue weighted by atomic mass is 10.2. The number of amides is 1. The van der Waals surface area contributed by atoms with E-state index >= 15 is 0 Å². The van der Waals surface area contributed by atoms with Crippen LogP contribution in [0.3, 0.4) is 0 Å². The molecule has 8 heteroatoms. The zero-order valence-corrected chi connectivity index (χ0v) is 24.9. The van der Waals surface area contributed by atoms with Gasteiger partial charge in [-0.1, -0.05) is 112 Å². The molecular weight excluding hydrogens is 522 g/mol. The lowest BCUT2D eigenvalue weighted by Crippen LogP contribution is -2.67. The fourth-order valence-corrected chi connectivity index (χ4v) is 9.62. The third-order valence-corrected chi connectivity index (χ3v) is 12.0. The molecule has 0 aliphatic carbocycles. The second kappa shape index (κ2) is 12.5. The van der Waals surface area contributed by atoms with Crippen LogP contribution in [-0.2, 0) is 34.8 Å². The Bertz CT molecular complexity index is 1220. The van der Waals surface area contributed by atoms with Crippen molar-refractivity contribution in [2.45, 2.75) is 64.2 Å². The van der Waals surface area contributed by atoms with Crippen molar-refractivity contribution in [1.82, 2.24) is 5.32 Å². The predicted octanol–water partition coefficient (Wildman–Crippen LogP) is 3.94. The predicted molar refractivity (Wildman–Crippen MR) is 157 cm³/mol. The summed E-state index contributed by atoms with van der Waals surface area (Å²) < 4.78 is 23.9. The number of hydrogen-bond donors (Lipinski definition) is 1. The van der Waals surface area contributed by atoms with E-state index in [4.69, 9.17) is 18.6 Å². The summed E-state index contributed by atoms with van der Waals surface area (Å²) in [6.07, 6.45) is -0.840. The van der Waals surface area contributed by atoms with Crippen molar-refractivity contribution >= 4 is 30.6 Å². The molecule has 4 rings (SSSR count). The topological polar surface area (TPSA) is 83.1 Å². The quantitative estimate of drug-likeness (QED) is 0.298. The van der Waals surface area contributed by atoms with Gasteiger partial charge in [0.2, 0.25) is 0 Å². The van der Waals surface area contributed by atoms with E-state index < -0.39 is 38.1 Å². The highest BCUT2D eigenvalue weighted by molar-refractivity contribution is 6.99. The first-order valence-corrected chi connectivity index (χ1v) is 15.5. The number of esters is 1. The van der Waals surface area contributed by atoms with Gasteiger partial charge in [0.1, 0.15) is 12.6 Å². The van der Waals surface area contributed by atoms with Crippen molar-refractivity contribution in [1.29, 1.82) is 0 Å². The van der Waals surface area contributed by atoms with Gasteiger partial charge in [-0.25, -0.2) is 4.79 Å². The summed E-state index contributed by atoms with van der Waals surface area (Å²) in [7, 11) is -2.97. The van der Waals surface area contributed by atoms with Gasteiger partial charge in [-0.15, -0.1) is 0 Å². The molecule has 3 aromatic rings. The number of hydrogen-bond acceptors (Lipinski definition) is 6. The van der Waals surface area contributed by atoms with Crippen LogP contribution in [0.5, 0.6) is 0 Å². The van der Waals surface area contributed by atoms with Crippen LogP contribution in [0.15, 0.2) is 91.0 Å². The van der Waals surface area contributed by atoms with E-state index in [2.05, 4.69) is 50.4 Å². The van der Waals surface area contributed by atoms with Gasteiger partial charge in [-0.2, -0.15) is 0 Å². The standard InChI is InChI=1S/C32H39NO6Si/c1-31(2,3)40(25-17-11-7-12-18-25,26-19-13-8-14-20-26)38-22-27(30(35)36-21-24-15-9-6-10-16-24)33-29(34)28-23-37-32(4,5)39-28/h6-20,27-28H,21-23H2,1-5H3,(H,33,34)/t27-,28-/m0/s1. The first-order valence-electron chi connectivity index (χ1n) is 13.6. The lowest BCUT2D eigenvalue weighted by Gasteiger charge is -2.43. The van der Waals surface area contributed by atoms with Crippen molar-refractivity contribution in [2.75, 3.05) is 13.2 Å². The summed E-state index contributed by atoms with van der Waals surface area (Å²) in [6.45, 7) is 10.1. The molecule has 1 aliphatic rings. The molecule has 1 saturated heterocycles. The Hall–Kier alpha value is -3.30. The maximum atomic E-state index is 13.5. The van der Waals surface area contributed by atoms with Gasteiger partial charge in [0.05, 0.1) is 13.2 Å². The van der Waals surface area contributed by atoms with Crippen LogP contribution >= 0.6 is 0 Å². The van der Waals surface area contributed by atoms with Gasteiger partial charge in [0, 0.05) is 0 Å². The summed E-state index contributed by atoms with van der Waals surface area (Å²) >= 11 is 0. The molecule has 0 bridgehead atoms. The second-order valence-corrected chi connectivity index (χ2v) is 15.8. The SMILES string of the molecule is CC1(C)OC[C@@H](C(=O)N[C@@H](CO[Si](c2ccccc2)(c2ccccc2)C(C)(C)C)C(=O)OCc2ccccc2)O1. The molecule has 40 heavy (non-hydrogen) atoms. The van der Waals surface area contributed by atoms with Crippen molar-refractivity contribution in [2.24, 2.45) is 0 Å². The van der Waals surface area contributed by atoms with Crippen molar-refractivity contribution in [3.63, 3.8) is 0 Å². The summed E-state index contributed by atoms with van der Waals surface area (Å²) in [6, 6.07) is 28.7. The van der Waals surface area contributed by atoms with Gasteiger partial charge in [-0.3, -0.25) is 4.79 Å². The molecule has 0 spiro atoms. The van der Waals surface area contributed by atoms with Crippen LogP contribution in [0.2, 0.25) is 5.04 Å². The molecule has 1 N–H and O–H groups in total. The molecule has 1 fully saturated rings. The molecule has 0 radical (unpaired) electrons. The summed E-state index contributed by atoms with van der Waals surface area (Å²) in [5.41, 5.74) is 0.850. The van der Waals surface area contributed by atoms with E-state index in [9.17, 15) is 9.59 Å². The van der Waals surface area contributed by atoms with E-state index in [1.54, 1.807) is 13.8 Å². The Labute approximate surface area is 237 Å². The van der Waals surface area contributed by atoms with Gasteiger partial charge in [-0.05, 0) is 34.8 Å². The van der Waals surface area contributed by atoms with Gasteiger partial charge in [0.25, 0.3) is 14.2 Å². The Morgan fingerprint density at radius 1 is 0.925 bits per heavy atom. The molecule has 212 valence electrons. The molecule has 3 aromatic carbocycles. The van der Waals surface area contributed by atoms with E-state index in [0.29, 0.717) is 0 Å². The Balaban J connectivity index is 1.64. The normalized spacial score (nSPS) is 17.7. The maximum Gasteiger partial charge on any atom is 0.331 e. The Kier molecular flexibility index (Phi) is 9.25. The van der Waals surface area contributed by atoms with Crippen LogP contribution < -0.4 is 15.7 Å². The van der Waals surface area contributed by atoms with Crippen LogP contribution in [0.4, 0.5) is 0 Å². The van der Waals surface area contributed by atoms with Crippen LogP contribution in [0, 0.1) is 0 Å². The number of ether oxygens (including phenoxy) is 3. The van der Waals surface area contributed by atoms with Crippen molar-refractivity contribution < 1.29 is 28.2 Å². The van der Waals surface area contributed by atoms with Crippen LogP contribution in [0.25, 0.3) is 0 Å². The number of rotatable bonds is 10. The highest BCUT2D eigenvalue weighted by Gasteiger charge is 2.51. The highest BCUT2D eigenvalue weighted by Crippen LogP contribution is 2.37. The van der Waals surface area contributed by atoms with E-state index in [0.717, 1.165) is 15.9 Å². The smallest absolute Gasteiger partial charge is 0.331 e. The molecule has 2 atom stereocenters. The first kappa shape index (κ1) is 29.7. The average Bonchev–Trinajstić information content (AvgIpc) is 3.32. The zero-order valence-electron chi connectivity index (χ0n) is 23.9. The zero-order chi connectivity index (χ0) is 28.8. The third kappa shape index (κ3) is 6.88. The monoisotopic (exact) mass is 561 g/mol. The summed E-state index contributed by atoms with van der Waals surface area (Å²) in [5.74, 6) is -1.90. The third-order valence-electron chi connectivity index (χ3n) is 7.01. The van der Waals surface area contributed by atoms with Crippen LogP contribution in [-0.4, -0.2) is 51.3 Å². The largest absolute Gasteiger partial charge is 0.459 e. The summed E-state index contributed by atoms with van der Waals surface area (Å²) in [5, 5.41) is 4.69. The molecule has 1 amide bonds. The lowest BCUT2D eigenvalue weighted by molar-refractivity contribution is -0.157. The van der Waals surface area contributed by atoms with E-state index in [-0.39, 0.29) is 24.9 Å². The van der Waals surface area contributed by atoms with Gasteiger partial charge < -0.3 is 24.0 Å². The van der Waals surface area contributed by atoms with Crippen molar-refractivity contribution in [3.8, 4) is 0 Å². The van der Waals surface area contributed by atoms with E-state index in [1.165, 1.54) is 0 Å². The second-order valence-electron chi connectivity index (χ2n) is 11.4. The Morgan fingerprint density at radius 3 is 1.93 bits per heavy atom. The van der Waals surface area contributed by atoms with Gasteiger partial charge in [0.15, 0.2) is 11.9 Å². The molecule has 0 saturated carbocycles. The molecule has 1 heterocycles. The molecular formula is C32H39NO6Si. The van der Waals surface area contributed by atoms with Crippen LogP contribution in [0.1, 0.15) is 40.2 Å². The number of benzene rings is 3. The molecule has 0 aromatic heterocycles. The fourth-order valence-electron chi connectivity index (χ4n) is 5.05. The number of nitrogens with one attached hydrogen (secondary N) is 1. The molecule has 7 nitrogen and oxygen atoms in total. The minimum atomic E-state index is -2.97. The fraction of sp³-hybridized carbons (Fsp3) is 0.375. The summed E-state index contributed by atoms with van der Waals surface area (Å²) in [4.78, 5) is 26.7. The highest BCUT2D eigenvalue weighted by atomic mass is 28.4. The van der Waals surface area contributed by atoms with E-state index in [1.807, 2.05) is 66.7 Å². The van der Waals surface area contributed by atoms with Crippen molar-refractivity contribution in [3.05, 3.63) is 96.6 Å². The first-order chi connectivity index (χ1) is 19.0. The number of carbonyl (C=O) groups is 2. The van der Waals surface area contributed by atoms with Gasteiger partial charge >= 0.3 is 5.97 Å². The minimum absolute atomic E-state index is 0.0659. The molecule has 0 unspecified atom stereocenters. The minimum Gasteiger partial charge on any atom is -0.459 e. The average molecular weight is 562 g/mol. The Morgan fingerprint density at radius 2 is 1.45 bits per heavy atom. The number of carbonyl (C=O) groups excluding carboxylic acids is 2.